The number of halogens is 1. The molecular formula is C11H11ClO3S. The zero-order chi connectivity index (χ0) is 12.0. The van der Waals surface area contributed by atoms with Crippen LogP contribution >= 0.6 is 11.6 Å². The smallest absolute Gasteiger partial charge is 0.328 e. The van der Waals surface area contributed by atoms with E-state index in [-0.39, 0.29) is 0 Å². The van der Waals surface area contributed by atoms with Crippen molar-refractivity contribution in [2.45, 2.75) is 4.90 Å². The molecule has 16 heavy (non-hydrogen) atoms. The van der Waals surface area contributed by atoms with Gasteiger partial charge >= 0.3 is 5.97 Å². The molecule has 0 amide bonds. The van der Waals surface area contributed by atoms with Crippen molar-refractivity contribution < 1.29 is 14.1 Å². The maximum atomic E-state index is 11.5. The van der Waals surface area contributed by atoms with Gasteiger partial charge in [0, 0.05) is 22.6 Å². The monoisotopic (exact) mass is 258 g/mol. The molecule has 0 aliphatic heterocycles. The summed E-state index contributed by atoms with van der Waals surface area (Å²) in [7, 11) is -1.08. The number of hydrogen-bond acceptors (Lipinski definition) is 2. The molecule has 0 aliphatic carbocycles. The molecule has 1 unspecified atom stereocenters. The second kappa shape index (κ2) is 6.45. The summed E-state index contributed by atoms with van der Waals surface area (Å²) in [5.74, 6) is -0.214. The highest BCUT2D eigenvalue weighted by atomic mass is 35.5. The van der Waals surface area contributed by atoms with E-state index in [1.165, 1.54) is 6.08 Å². The Morgan fingerprint density at radius 2 is 2.00 bits per heavy atom. The largest absolute Gasteiger partial charge is 0.478 e. The lowest BCUT2D eigenvalue weighted by Gasteiger charge is -2.00. The van der Waals surface area contributed by atoms with Crippen LogP contribution in [-0.4, -0.2) is 26.9 Å². The number of aliphatic carboxylic acids is 1. The van der Waals surface area contributed by atoms with Crippen LogP contribution in [0, 0.1) is 0 Å². The molecule has 0 saturated heterocycles. The van der Waals surface area contributed by atoms with Gasteiger partial charge in [-0.3, -0.25) is 4.21 Å². The summed E-state index contributed by atoms with van der Waals surface area (Å²) in [4.78, 5) is 11.0. The lowest BCUT2D eigenvalue weighted by atomic mass is 10.2. The van der Waals surface area contributed by atoms with Crippen molar-refractivity contribution in [3.8, 4) is 0 Å². The number of carboxylic acid groups (broad SMARTS) is 1. The standard InChI is InChI=1S/C11H11ClO3S/c12-7-8-16(15)10-4-1-9(2-5-10)3-6-11(13)14/h1-6H,7-8H2,(H,13,14). The summed E-state index contributed by atoms with van der Waals surface area (Å²) in [5, 5.41) is 8.44. The molecule has 0 heterocycles. The number of hydrogen-bond donors (Lipinski definition) is 1. The summed E-state index contributed by atoms with van der Waals surface area (Å²) in [5.41, 5.74) is 0.758. The van der Waals surface area contributed by atoms with Crippen molar-refractivity contribution in [2.24, 2.45) is 0 Å². The molecule has 0 aromatic heterocycles. The van der Waals surface area contributed by atoms with E-state index in [0.29, 0.717) is 16.5 Å². The highest BCUT2D eigenvalue weighted by Crippen LogP contribution is 2.10. The van der Waals surface area contributed by atoms with Crippen molar-refractivity contribution >= 4 is 34.4 Å². The predicted octanol–water partition coefficient (Wildman–Crippen LogP) is 2.13. The number of carbonyl (C=O) groups is 1. The van der Waals surface area contributed by atoms with Gasteiger partial charge in [-0.1, -0.05) is 12.1 Å². The van der Waals surface area contributed by atoms with E-state index >= 15 is 0 Å². The molecule has 0 saturated carbocycles. The fourth-order valence-corrected chi connectivity index (χ4v) is 2.32. The van der Waals surface area contributed by atoms with Crippen LogP contribution in [0.15, 0.2) is 35.2 Å². The molecule has 0 aliphatic rings. The minimum atomic E-state index is -1.08. The van der Waals surface area contributed by atoms with E-state index in [4.69, 9.17) is 16.7 Å². The Morgan fingerprint density at radius 1 is 1.38 bits per heavy atom. The number of carboxylic acids is 1. The molecule has 1 aromatic carbocycles. The number of rotatable bonds is 5. The second-order valence-electron chi connectivity index (χ2n) is 2.98. The van der Waals surface area contributed by atoms with Crippen molar-refractivity contribution in [1.29, 1.82) is 0 Å². The molecule has 0 radical (unpaired) electrons. The Morgan fingerprint density at radius 3 is 2.50 bits per heavy atom. The van der Waals surface area contributed by atoms with E-state index < -0.39 is 16.8 Å². The van der Waals surface area contributed by atoms with Crippen molar-refractivity contribution in [1.82, 2.24) is 0 Å². The van der Waals surface area contributed by atoms with Crippen LogP contribution in [0.2, 0.25) is 0 Å². The van der Waals surface area contributed by atoms with Gasteiger partial charge in [0.25, 0.3) is 0 Å². The van der Waals surface area contributed by atoms with E-state index in [2.05, 4.69) is 0 Å². The van der Waals surface area contributed by atoms with Crippen LogP contribution in [-0.2, 0) is 15.6 Å². The van der Waals surface area contributed by atoms with Gasteiger partial charge < -0.3 is 5.11 Å². The van der Waals surface area contributed by atoms with Gasteiger partial charge in [0.2, 0.25) is 0 Å². The first-order valence-corrected chi connectivity index (χ1v) is 6.44. The van der Waals surface area contributed by atoms with E-state index in [1.807, 2.05) is 0 Å². The molecule has 3 nitrogen and oxygen atoms in total. The molecule has 5 heteroatoms. The average Bonchev–Trinajstić information content (AvgIpc) is 2.27. The van der Waals surface area contributed by atoms with Gasteiger partial charge in [-0.2, -0.15) is 0 Å². The van der Waals surface area contributed by atoms with Crippen LogP contribution in [0.4, 0.5) is 0 Å². The Balaban J connectivity index is 2.75. The SMILES string of the molecule is O=C(O)C=Cc1ccc(S(=O)CCCl)cc1. The summed E-state index contributed by atoms with van der Waals surface area (Å²) in [6, 6.07) is 6.87. The summed E-state index contributed by atoms with van der Waals surface area (Å²) >= 11 is 5.49. The van der Waals surface area contributed by atoms with E-state index in [9.17, 15) is 9.00 Å². The van der Waals surface area contributed by atoms with Gasteiger partial charge in [0.05, 0.1) is 10.8 Å². The van der Waals surface area contributed by atoms with Gasteiger partial charge in [0.1, 0.15) is 0 Å². The van der Waals surface area contributed by atoms with Crippen LogP contribution in [0.1, 0.15) is 5.56 Å². The molecule has 0 bridgehead atoms. The molecule has 1 rings (SSSR count). The maximum absolute atomic E-state index is 11.5. The normalized spacial score (nSPS) is 12.8. The molecule has 0 fully saturated rings. The minimum Gasteiger partial charge on any atom is -0.478 e. The van der Waals surface area contributed by atoms with Gasteiger partial charge in [-0.05, 0) is 23.8 Å². The Bertz CT molecular complexity index is 412. The lowest BCUT2D eigenvalue weighted by molar-refractivity contribution is -0.131. The Hall–Kier alpha value is -1.13. The molecular weight excluding hydrogens is 248 g/mol. The second-order valence-corrected chi connectivity index (χ2v) is 4.93. The van der Waals surface area contributed by atoms with Crippen molar-refractivity contribution in [3.05, 3.63) is 35.9 Å². The highest BCUT2D eigenvalue weighted by molar-refractivity contribution is 7.85. The first kappa shape index (κ1) is 12.9. The average molecular weight is 259 g/mol. The third-order valence-electron chi connectivity index (χ3n) is 1.82. The lowest BCUT2D eigenvalue weighted by Crippen LogP contribution is -1.98. The third-order valence-corrected chi connectivity index (χ3v) is 3.61. The summed E-state index contributed by atoms with van der Waals surface area (Å²) in [6.07, 6.45) is 2.54. The number of alkyl halides is 1. The van der Waals surface area contributed by atoms with Gasteiger partial charge in [0.15, 0.2) is 0 Å². The van der Waals surface area contributed by atoms with Crippen LogP contribution in [0.5, 0.6) is 0 Å². The Kier molecular flexibility index (Phi) is 5.22. The number of benzene rings is 1. The Labute approximate surface area is 101 Å². The topological polar surface area (TPSA) is 54.4 Å². The van der Waals surface area contributed by atoms with Crippen molar-refractivity contribution in [2.75, 3.05) is 11.6 Å². The molecule has 1 N–H and O–H groups in total. The zero-order valence-electron chi connectivity index (χ0n) is 8.43. The van der Waals surface area contributed by atoms with Crippen molar-refractivity contribution in [3.63, 3.8) is 0 Å². The van der Waals surface area contributed by atoms with Gasteiger partial charge in [-0.15, -0.1) is 11.6 Å². The maximum Gasteiger partial charge on any atom is 0.328 e. The highest BCUT2D eigenvalue weighted by Gasteiger charge is 2.01. The van der Waals surface area contributed by atoms with Crippen LogP contribution in [0.25, 0.3) is 6.08 Å². The third kappa shape index (κ3) is 4.16. The van der Waals surface area contributed by atoms with Crippen LogP contribution < -0.4 is 0 Å². The fourth-order valence-electron chi connectivity index (χ4n) is 1.09. The zero-order valence-corrected chi connectivity index (χ0v) is 10.0. The van der Waals surface area contributed by atoms with E-state index in [0.717, 1.165) is 11.6 Å². The fraction of sp³-hybridized carbons (Fsp3) is 0.182. The van der Waals surface area contributed by atoms with Crippen LogP contribution in [0.3, 0.4) is 0 Å². The summed E-state index contributed by atoms with van der Waals surface area (Å²) in [6.45, 7) is 0. The summed E-state index contributed by atoms with van der Waals surface area (Å²) < 4.78 is 11.5. The van der Waals surface area contributed by atoms with Gasteiger partial charge in [-0.25, -0.2) is 4.79 Å². The molecule has 0 spiro atoms. The first-order valence-electron chi connectivity index (χ1n) is 4.59. The first-order chi connectivity index (χ1) is 7.63. The predicted molar refractivity (Wildman–Crippen MR) is 65.1 cm³/mol. The van der Waals surface area contributed by atoms with E-state index in [1.54, 1.807) is 24.3 Å². The molecule has 86 valence electrons. The molecule has 1 aromatic rings. The minimum absolute atomic E-state index is 0.354. The quantitative estimate of drug-likeness (QED) is 0.650. The molecule has 1 atom stereocenters.